The third-order valence-corrected chi connectivity index (χ3v) is 10.8. The summed E-state index contributed by atoms with van der Waals surface area (Å²) in [7, 11) is 0. The lowest BCUT2D eigenvalue weighted by Gasteiger charge is -2.62. The minimum Gasteiger partial charge on any atom is -0.481 e. The van der Waals surface area contributed by atoms with E-state index in [0.717, 1.165) is 32.1 Å². The van der Waals surface area contributed by atoms with Crippen molar-refractivity contribution in [3.8, 4) is 0 Å². The fourth-order valence-electron chi connectivity index (χ4n) is 9.21. The lowest BCUT2D eigenvalue weighted by atomic mass is 9.44. The third kappa shape index (κ3) is 3.88. The van der Waals surface area contributed by atoms with Gasteiger partial charge in [-0.15, -0.1) is 0 Å². The van der Waals surface area contributed by atoms with E-state index in [-0.39, 0.29) is 36.1 Å². The van der Waals surface area contributed by atoms with Gasteiger partial charge in [-0.05, 0) is 97.7 Å². The molecule has 7 heteroatoms. The smallest absolute Gasteiger partial charge is 0.303 e. The molecule has 0 aliphatic heterocycles. The maximum absolute atomic E-state index is 11.1. The summed E-state index contributed by atoms with van der Waals surface area (Å²) in [6, 6.07) is 0. The van der Waals surface area contributed by atoms with Gasteiger partial charge in [0.2, 0.25) is 0 Å². The van der Waals surface area contributed by atoms with E-state index < -0.39 is 17.9 Å². The van der Waals surface area contributed by atoms with Gasteiger partial charge >= 0.3 is 5.97 Å². The Labute approximate surface area is 196 Å². The Bertz CT molecular complexity index is 758. The molecule has 0 radical (unpaired) electrons. The number of hydrogen-bond acceptors (Lipinski definition) is 6. The molecule has 1 unspecified atom stereocenters. The van der Waals surface area contributed by atoms with Gasteiger partial charge in [0.25, 0.3) is 18.7 Å². The second kappa shape index (κ2) is 8.86. The molecule has 0 aromatic carbocycles. The molecule has 0 saturated heterocycles. The third-order valence-electron chi connectivity index (χ3n) is 10.8. The number of carbonyl (C=O) groups excluding carboxylic acids is 2. The first-order valence-corrected chi connectivity index (χ1v) is 12.7. The van der Waals surface area contributed by atoms with E-state index in [4.69, 9.17) is 14.6 Å². The first-order valence-electron chi connectivity index (χ1n) is 12.7. The SMILES string of the molecule is C[C@H](CCC(=O)O)[C@H]1CC[C@H]2[C@@H]3CC[C@@H]4CC(OC=O)(OC=O)C(O)C[C@]4(C)[C@H]3CC[C@]12C. The van der Waals surface area contributed by atoms with Gasteiger partial charge in [-0.2, -0.15) is 0 Å². The Morgan fingerprint density at radius 2 is 1.67 bits per heavy atom. The molecule has 0 heterocycles. The molecule has 0 aromatic heterocycles. The monoisotopic (exact) mass is 464 g/mol. The Morgan fingerprint density at radius 3 is 2.30 bits per heavy atom. The van der Waals surface area contributed by atoms with Crippen LogP contribution in [0.15, 0.2) is 0 Å². The quantitative estimate of drug-likeness (QED) is 0.410. The average molecular weight is 465 g/mol. The van der Waals surface area contributed by atoms with Gasteiger partial charge < -0.3 is 19.7 Å². The zero-order valence-electron chi connectivity index (χ0n) is 20.2. The van der Waals surface area contributed by atoms with Gasteiger partial charge in [0.1, 0.15) is 6.10 Å². The predicted octanol–water partition coefficient (Wildman–Crippen LogP) is 4.16. The van der Waals surface area contributed by atoms with Gasteiger partial charge in [0.15, 0.2) is 0 Å². The van der Waals surface area contributed by atoms with E-state index >= 15 is 0 Å². The lowest BCUT2D eigenvalue weighted by molar-refractivity contribution is -0.290. The highest BCUT2D eigenvalue weighted by Gasteiger charge is 2.64. The van der Waals surface area contributed by atoms with E-state index in [1.807, 2.05) is 0 Å². The van der Waals surface area contributed by atoms with Crippen molar-refractivity contribution in [2.75, 3.05) is 0 Å². The molecule has 0 aromatic rings. The molecule has 33 heavy (non-hydrogen) atoms. The summed E-state index contributed by atoms with van der Waals surface area (Å²) in [6.45, 7) is 7.53. The highest BCUT2D eigenvalue weighted by atomic mass is 16.7. The predicted molar refractivity (Wildman–Crippen MR) is 120 cm³/mol. The number of ether oxygens (including phenoxy) is 2. The molecule has 4 saturated carbocycles. The number of rotatable bonds is 8. The first-order chi connectivity index (χ1) is 15.6. The van der Waals surface area contributed by atoms with Gasteiger partial charge in [-0.25, -0.2) is 0 Å². The Balaban J connectivity index is 1.53. The van der Waals surface area contributed by atoms with Gasteiger partial charge in [-0.3, -0.25) is 14.4 Å². The minimum atomic E-state index is -1.57. The van der Waals surface area contributed by atoms with Crippen LogP contribution in [0.5, 0.6) is 0 Å². The van der Waals surface area contributed by atoms with Crippen molar-refractivity contribution < 1.29 is 34.1 Å². The van der Waals surface area contributed by atoms with Crippen molar-refractivity contribution in [2.45, 2.75) is 96.9 Å². The maximum atomic E-state index is 11.1. The zero-order valence-corrected chi connectivity index (χ0v) is 20.2. The second-order valence-corrected chi connectivity index (χ2v) is 12.0. The fourth-order valence-corrected chi connectivity index (χ4v) is 9.21. The summed E-state index contributed by atoms with van der Waals surface area (Å²) in [5.74, 6) is 0.647. The standard InChI is InChI=1S/C26H40O7/c1-16(4-9-23(30)31)19-7-8-20-18-6-5-17-12-26(32-14-27,33-15-28)22(29)13-25(17,3)21(18)10-11-24(19,20)2/h14-22,29H,4-13H2,1-3H3,(H,30,31)/t16-,17-,18+,19-,20+,21+,22?,24-,25+/m1/s1. The molecule has 4 rings (SSSR count). The van der Waals surface area contributed by atoms with Crippen molar-refractivity contribution in [3.63, 3.8) is 0 Å². The van der Waals surface area contributed by atoms with Crippen LogP contribution >= 0.6 is 0 Å². The first kappa shape index (κ1) is 24.5. The van der Waals surface area contributed by atoms with Crippen molar-refractivity contribution >= 4 is 18.9 Å². The zero-order chi connectivity index (χ0) is 24.0. The molecule has 4 aliphatic rings. The molecule has 9 atom stereocenters. The molecule has 7 nitrogen and oxygen atoms in total. The number of hydrogen-bond donors (Lipinski definition) is 2. The Morgan fingerprint density at radius 1 is 1.00 bits per heavy atom. The molecule has 4 fully saturated rings. The van der Waals surface area contributed by atoms with Gasteiger partial charge in [-0.1, -0.05) is 20.8 Å². The minimum absolute atomic E-state index is 0.0847. The van der Waals surface area contributed by atoms with Gasteiger partial charge in [0, 0.05) is 12.8 Å². The maximum Gasteiger partial charge on any atom is 0.303 e. The number of aliphatic carboxylic acids is 1. The number of carboxylic acids is 1. The number of carbonyl (C=O) groups is 3. The number of aliphatic hydroxyl groups is 1. The second-order valence-electron chi connectivity index (χ2n) is 12.0. The Kier molecular flexibility index (Phi) is 6.58. The molecule has 2 N–H and O–H groups in total. The number of aliphatic hydroxyl groups excluding tert-OH is 1. The summed E-state index contributed by atoms with van der Waals surface area (Å²) in [6.07, 6.45) is 7.48. The average Bonchev–Trinajstić information content (AvgIpc) is 3.11. The van der Waals surface area contributed by atoms with Crippen LogP contribution in [0.3, 0.4) is 0 Å². The molecule has 186 valence electrons. The van der Waals surface area contributed by atoms with Crippen LogP contribution in [0, 0.1) is 46.3 Å². The van der Waals surface area contributed by atoms with Crippen molar-refractivity contribution in [1.29, 1.82) is 0 Å². The van der Waals surface area contributed by atoms with E-state index in [0.29, 0.717) is 42.4 Å². The van der Waals surface area contributed by atoms with E-state index in [2.05, 4.69) is 20.8 Å². The number of fused-ring (bicyclic) bond motifs is 5. The molecule has 0 spiro atoms. The van der Waals surface area contributed by atoms with E-state index in [9.17, 15) is 19.5 Å². The molecular weight excluding hydrogens is 424 g/mol. The van der Waals surface area contributed by atoms with Crippen LogP contribution in [0.2, 0.25) is 0 Å². The van der Waals surface area contributed by atoms with Crippen molar-refractivity contribution in [3.05, 3.63) is 0 Å². The van der Waals surface area contributed by atoms with Crippen LogP contribution in [0.4, 0.5) is 0 Å². The highest BCUT2D eigenvalue weighted by molar-refractivity contribution is 5.66. The normalized spacial score (nSPS) is 44.5. The summed E-state index contributed by atoms with van der Waals surface area (Å²) in [4.78, 5) is 33.4. The summed E-state index contributed by atoms with van der Waals surface area (Å²) >= 11 is 0. The van der Waals surface area contributed by atoms with Gasteiger partial charge in [0.05, 0.1) is 0 Å². The molecule has 0 bridgehead atoms. The summed E-state index contributed by atoms with van der Waals surface area (Å²) < 4.78 is 10.4. The van der Waals surface area contributed by atoms with E-state index in [1.54, 1.807) is 0 Å². The largest absolute Gasteiger partial charge is 0.481 e. The Hall–Kier alpha value is -1.63. The topological polar surface area (TPSA) is 110 Å². The van der Waals surface area contributed by atoms with Crippen LogP contribution in [0.1, 0.15) is 85.0 Å². The van der Waals surface area contributed by atoms with Crippen molar-refractivity contribution in [1.82, 2.24) is 0 Å². The van der Waals surface area contributed by atoms with Crippen LogP contribution in [-0.4, -0.2) is 41.0 Å². The molecule has 4 aliphatic carbocycles. The van der Waals surface area contributed by atoms with E-state index in [1.165, 1.54) is 12.8 Å². The van der Waals surface area contributed by atoms with Crippen molar-refractivity contribution in [2.24, 2.45) is 46.3 Å². The lowest BCUT2D eigenvalue weighted by Crippen LogP contribution is -2.62. The summed E-state index contributed by atoms with van der Waals surface area (Å²) in [5, 5.41) is 20.2. The van der Waals surface area contributed by atoms with Crippen LogP contribution in [-0.2, 0) is 23.9 Å². The summed E-state index contributed by atoms with van der Waals surface area (Å²) in [5.41, 5.74) is 0.166. The molecule has 0 amide bonds. The number of carboxylic acid groups (broad SMARTS) is 1. The van der Waals surface area contributed by atoms with Crippen LogP contribution < -0.4 is 0 Å². The molecular formula is C26H40O7. The highest BCUT2D eigenvalue weighted by Crippen LogP contribution is 2.69. The fraction of sp³-hybridized carbons (Fsp3) is 0.885. The van der Waals surface area contributed by atoms with Crippen LogP contribution in [0.25, 0.3) is 0 Å².